The molecule has 0 bridgehead atoms. The minimum absolute atomic E-state index is 0.00369. The number of para-hydroxylation sites is 2. The maximum Gasteiger partial charge on any atom is 0.414 e. The fourth-order valence-corrected chi connectivity index (χ4v) is 6.41. The number of carbonyl (C=O) groups is 2. The van der Waals surface area contributed by atoms with Gasteiger partial charge in [-0.25, -0.2) is 18.2 Å². The van der Waals surface area contributed by atoms with Crippen LogP contribution in [-0.4, -0.2) is 39.1 Å². The molecule has 0 radical (unpaired) electrons. The molecule has 1 aliphatic heterocycles. The first-order valence-electron chi connectivity index (χ1n) is 12.7. The third kappa shape index (κ3) is 4.65. The number of fused-ring (bicyclic) bond motifs is 1. The fraction of sp³-hybridized carbons (Fsp3) is 0.133. The van der Waals surface area contributed by atoms with E-state index in [9.17, 15) is 23.3 Å². The number of carbonyl (C=O) groups excluding carboxylic acids is 2. The van der Waals surface area contributed by atoms with E-state index >= 15 is 0 Å². The molecular weight excluding hydrogens is 560 g/mol. The Labute approximate surface area is 241 Å². The summed E-state index contributed by atoms with van der Waals surface area (Å²) in [6.45, 7) is 1.86. The maximum atomic E-state index is 14.7. The summed E-state index contributed by atoms with van der Waals surface area (Å²) >= 11 is 0. The number of nitrogens with zero attached hydrogens (tertiary/aromatic N) is 3. The number of pyridine rings is 1. The molecule has 2 heterocycles. The van der Waals surface area contributed by atoms with Gasteiger partial charge in [0, 0.05) is 11.8 Å². The summed E-state index contributed by atoms with van der Waals surface area (Å²) in [7, 11) is -3.33. The third-order valence-electron chi connectivity index (χ3n) is 6.54. The first-order chi connectivity index (χ1) is 20.3. The molecule has 212 valence electrons. The summed E-state index contributed by atoms with van der Waals surface area (Å²) in [5.41, 5.74) is -2.17. The Bertz CT molecular complexity index is 1820. The van der Waals surface area contributed by atoms with Gasteiger partial charge in [-0.15, -0.1) is 0 Å². The van der Waals surface area contributed by atoms with Gasteiger partial charge >= 0.3 is 6.09 Å². The molecule has 42 heavy (non-hydrogen) atoms. The second-order valence-electron chi connectivity index (χ2n) is 8.94. The van der Waals surface area contributed by atoms with Gasteiger partial charge in [0.2, 0.25) is 5.88 Å². The lowest BCUT2D eigenvalue weighted by Gasteiger charge is -2.30. The van der Waals surface area contributed by atoms with Crippen molar-refractivity contribution in [2.24, 2.45) is 0 Å². The number of methoxy groups -OCH3 is 1. The fourth-order valence-electron chi connectivity index (χ4n) is 4.78. The quantitative estimate of drug-likeness (QED) is 0.323. The third-order valence-corrected chi connectivity index (χ3v) is 8.28. The van der Waals surface area contributed by atoms with E-state index in [1.54, 1.807) is 43.3 Å². The van der Waals surface area contributed by atoms with Gasteiger partial charge in [0.25, 0.3) is 15.9 Å². The van der Waals surface area contributed by atoms with Crippen molar-refractivity contribution in [1.82, 2.24) is 10.3 Å². The minimum Gasteiger partial charge on any atom is -0.495 e. The van der Waals surface area contributed by atoms with Crippen molar-refractivity contribution < 1.29 is 32.2 Å². The smallest absolute Gasteiger partial charge is 0.414 e. The van der Waals surface area contributed by atoms with Crippen LogP contribution < -0.4 is 23.8 Å². The summed E-state index contributed by atoms with van der Waals surface area (Å²) < 4.78 is 45.5. The normalized spacial score (nSPS) is 15.8. The summed E-state index contributed by atoms with van der Waals surface area (Å²) in [4.78, 5) is 32.1. The lowest BCUT2D eigenvalue weighted by Crippen LogP contribution is -2.55. The van der Waals surface area contributed by atoms with Gasteiger partial charge in [-0.2, -0.15) is 9.57 Å². The molecule has 0 fully saturated rings. The van der Waals surface area contributed by atoms with Crippen LogP contribution in [0.15, 0.2) is 96.0 Å². The zero-order valence-electron chi connectivity index (χ0n) is 22.5. The number of amides is 2. The second-order valence-corrected chi connectivity index (χ2v) is 10.7. The minimum atomic E-state index is -4.64. The first-order valence-corrected chi connectivity index (χ1v) is 14.1. The van der Waals surface area contributed by atoms with Gasteiger partial charge in [-0.3, -0.25) is 10.1 Å². The predicted molar refractivity (Wildman–Crippen MR) is 151 cm³/mol. The van der Waals surface area contributed by atoms with E-state index in [-0.39, 0.29) is 51.3 Å². The highest BCUT2D eigenvalue weighted by atomic mass is 32.2. The van der Waals surface area contributed by atoms with Gasteiger partial charge in [-0.05, 0) is 61.5 Å². The summed E-state index contributed by atoms with van der Waals surface area (Å²) in [6.07, 6.45) is 0.366. The van der Waals surface area contributed by atoms with E-state index in [0.717, 1.165) is 0 Å². The Morgan fingerprint density at radius 3 is 2.48 bits per heavy atom. The molecule has 12 heteroatoms. The highest BCUT2D eigenvalue weighted by molar-refractivity contribution is 7.93. The zero-order valence-corrected chi connectivity index (χ0v) is 23.3. The van der Waals surface area contributed by atoms with E-state index < -0.39 is 27.6 Å². The van der Waals surface area contributed by atoms with Crippen LogP contribution in [0.5, 0.6) is 17.4 Å². The van der Waals surface area contributed by atoms with Gasteiger partial charge in [-0.1, -0.05) is 30.3 Å². The van der Waals surface area contributed by atoms with E-state index in [1.807, 2.05) is 6.07 Å². The van der Waals surface area contributed by atoms with Crippen molar-refractivity contribution in [3.05, 3.63) is 108 Å². The van der Waals surface area contributed by atoms with Gasteiger partial charge < -0.3 is 14.2 Å². The summed E-state index contributed by atoms with van der Waals surface area (Å²) in [6, 6.07) is 23.0. The Balaban J connectivity index is 1.79. The predicted octanol–water partition coefficient (Wildman–Crippen LogP) is 4.13. The molecule has 1 aliphatic rings. The van der Waals surface area contributed by atoms with E-state index in [4.69, 9.17) is 14.2 Å². The standard InChI is InChI=1S/C30H24N4O7S/c1-3-40-27-22(12-9-17-32-27)30(33-29(36)41-21-10-5-4-6-11-21)23-18-20(19-31)15-16-24(23)34(28(30)35)42(37,38)26-14-8-7-13-25(26)39-2/h4-18H,3H2,1-2H3,(H,33,36)/t30-/m1/s1. The number of anilines is 1. The average molecular weight is 585 g/mol. The summed E-state index contributed by atoms with van der Waals surface area (Å²) in [5.74, 6) is -0.919. The SMILES string of the molecule is CCOc1ncccc1[C@]1(NC(=O)Oc2ccccc2)C(=O)N(S(=O)(=O)c2ccccc2OC)c2ccc(C#N)cc21. The van der Waals surface area contributed by atoms with Gasteiger partial charge in [0.1, 0.15) is 16.4 Å². The maximum absolute atomic E-state index is 14.7. The molecule has 5 rings (SSSR count). The zero-order chi connectivity index (χ0) is 29.9. The molecule has 1 aromatic heterocycles. The number of nitrogens with one attached hydrogen (secondary N) is 1. The highest BCUT2D eigenvalue weighted by Crippen LogP contribution is 2.49. The highest BCUT2D eigenvalue weighted by Gasteiger charge is 2.59. The molecule has 1 N–H and O–H groups in total. The second kappa shape index (κ2) is 11.2. The van der Waals surface area contributed by atoms with E-state index in [1.165, 1.54) is 61.8 Å². The number of hydrogen-bond acceptors (Lipinski definition) is 9. The van der Waals surface area contributed by atoms with Crippen LogP contribution in [-0.2, 0) is 20.4 Å². The molecule has 1 atom stereocenters. The molecule has 0 saturated carbocycles. The Kier molecular flexibility index (Phi) is 7.52. The van der Waals surface area contributed by atoms with Crippen LogP contribution in [0.25, 0.3) is 0 Å². The number of rotatable bonds is 8. The van der Waals surface area contributed by atoms with Crippen molar-refractivity contribution in [2.45, 2.75) is 17.4 Å². The van der Waals surface area contributed by atoms with Crippen molar-refractivity contribution >= 4 is 27.7 Å². The molecule has 2 amide bonds. The number of aromatic nitrogens is 1. The van der Waals surface area contributed by atoms with Crippen LogP contribution in [0.4, 0.5) is 10.5 Å². The molecule has 0 saturated heterocycles. The number of benzene rings is 3. The van der Waals surface area contributed by atoms with E-state index in [0.29, 0.717) is 4.31 Å². The Hall–Kier alpha value is -5.41. The lowest BCUT2D eigenvalue weighted by atomic mass is 9.83. The summed E-state index contributed by atoms with van der Waals surface area (Å²) in [5, 5.41) is 12.3. The topological polar surface area (TPSA) is 148 Å². The molecule has 3 aromatic carbocycles. The molecule has 0 aliphatic carbocycles. The Morgan fingerprint density at radius 2 is 1.76 bits per heavy atom. The van der Waals surface area contributed by atoms with Crippen LogP contribution in [0.3, 0.4) is 0 Å². The molecule has 11 nitrogen and oxygen atoms in total. The lowest BCUT2D eigenvalue weighted by molar-refractivity contribution is -0.121. The van der Waals surface area contributed by atoms with Crippen molar-refractivity contribution in [1.29, 1.82) is 5.26 Å². The van der Waals surface area contributed by atoms with Gasteiger partial charge in [0.15, 0.2) is 5.54 Å². The van der Waals surface area contributed by atoms with Gasteiger partial charge in [0.05, 0.1) is 36.6 Å². The number of nitriles is 1. The van der Waals surface area contributed by atoms with Crippen LogP contribution in [0, 0.1) is 11.3 Å². The first kappa shape index (κ1) is 28.1. The van der Waals surface area contributed by atoms with Crippen molar-refractivity contribution in [3.8, 4) is 23.4 Å². The Morgan fingerprint density at radius 1 is 1.02 bits per heavy atom. The average Bonchev–Trinajstić information content (AvgIpc) is 3.25. The number of ether oxygens (including phenoxy) is 3. The molecule has 0 spiro atoms. The van der Waals surface area contributed by atoms with E-state index in [2.05, 4.69) is 10.3 Å². The van der Waals surface area contributed by atoms with Crippen molar-refractivity contribution in [3.63, 3.8) is 0 Å². The molecule has 4 aromatic rings. The van der Waals surface area contributed by atoms with Crippen LogP contribution in [0.2, 0.25) is 0 Å². The molecule has 0 unspecified atom stereocenters. The monoisotopic (exact) mass is 584 g/mol. The van der Waals surface area contributed by atoms with Crippen molar-refractivity contribution in [2.75, 3.05) is 18.0 Å². The van der Waals surface area contributed by atoms with Crippen LogP contribution >= 0.6 is 0 Å². The number of sulfonamides is 1. The number of hydrogen-bond donors (Lipinski definition) is 1. The largest absolute Gasteiger partial charge is 0.495 e. The molecular formula is C30H24N4O7S. The van der Waals surface area contributed by atoms with Crippen LogP contribution in [0.1, 0.15) is 23.6 Å².